The van der Waals surface area contributed by atoms with Crippen LogP contribution in [0.5, 0.6) is 0 Å². The fourth-order valence-electron chi connectivity index (χ4n) is 1.73. The second-order valence-electron chi connectivity index (χ2n) is 4.45. The summed E-state index contributed by atoms with van der Waals surface area (Å²) in [5.74, 6) is -0.761. The van der Waals surface area contributed by atoms with Crippen molar-refractivity contribution in [3.8, 4) is 0 Å². The maximum atomic E-state index is 12.9. The van der Waals surface area contributed by atoms with Crippen LogP contribution in [0.2, 0.25) is 0 Å². The molecule has 0 aliphatic rings. The Hall–Kier alpha value is -3.09. The topological polar surface area (TPSA) is 84.6 Å². The number of nitrogens with one attached hydrogen (secondary N) is 1. The third-order valence-corrected chi connectivity index (χ3v) is 2.76. The van der Waals surface area contributed by atoms with Crippen molar-refractivity contribution < 1.29 is 14.1 Å². The Labute approximate surface area is 125 Å². The number of benzene rings is 2. The fourth-order valence-corrected chi connectivity index (χ4v) is 1.73. The first-order valence-corrected chi connectivity index (χ1v) is 6.35. The van der Waals surface area contributed by atoms with E-state index in [1.54, 1.807) is 6.07 Å². The molecule has 0 radical (unpaired) electrons. The molecule has 0 aromatic heterocycles. The Morgan fingerprint density at radius 3 is 2.64 bits per heavy atom. The minimum Gasteiger partial charge on any atom is -0.273 e. The summed E-state index contributed by atoms with van der Waals surface area (Å²) in [4.78, 5) is 21.7. The van der Waals surface area contributed by atoms with Gasteiger partial charge in [-0.15, -0.1) is 0 Å². The van der Waals surface area contributed by atoms with Crippen LogP contribution in [0.4, 0.5) is 10.1 Å². The minimum absolute atomic E-state index is 0.0340. The van der Waals surface area contributed by atoms with Crippen LogP contribution in [-0.2, 0) is 11.2 Å². The number of nitrogens with zero attached hydrogens (tertiary/aromatic N) is 2. The second-order valence-corrected chi connectivity index (χ2v) is 4.45. The highest BCUT2D eigenvalue weighted by Crippen LogP contribution is 2.12. The van der Waals surface area contributed by atoms with E-state index < -0.39 is 4.92 Å². The lowest BCUT2D eigenvalue weighted by atomic mass is 10.1. The fraction of sp³-hybridized carbons (Fsp3) is 0.0667. The number of carbonyl (C=O) groups excluding carboxylic acids is 1. The van der Waals surface area contributed by atoms with Crippen molar-refractivity contribution in [2.75, 3.05) is 0 Å². The average Bonchev–Trinajstić information content (AvgIpc) is 2.48. The molecule has 1 N–H and O–H groups in total. The summed E-state index contributed by atoms with van der Waals surface area (Å²) >= 11 is 0. The molecule has 2 aromatic rings. The monoisotopic (exact) mass is 301 g/mol. The van der Waals surface area contributed by atoms with Gasteiger partial charge in [0.2, 0.25) is 5.91 Å². The highest BCUT2D eigenvalue weighted by Gasteiger charge is 2.06. The highest BCUT2D eigenvalue weighted by molar-refractivity contribution is 5.83. The first kappa shape index (κ1) is 15.3. The van der Waals surface area contributed by atoms with Gasteiger partial charge in [0.1, 0.15) is 5.82 Å². The first-order chi connectivity index (χ1) is 10.5. The number of nitro benzene ring substituents is 1. The zero-order valence-electron chi connectivity index (χ0n) is 11.4. The third-order valence-electron chi connectivity index (χ3n) is 2.76. The number of non-ortho nitro benzene ring substituents is 1. The summed E-state index contributed by atoms with van der Waals surface area (Å²) in [7, 11) is 0. The van der Waals surface area contributed by atoms with Gasteiger partial charge in [-0.3, -0.25) is 14.9 Å². The lowest BCUT2D eigenvalue weighted by Gasteiger charge is -2.00. The van der Waals surface area contributed by atoms with Crippen molar-refractivity contribution in [2.45, 2.75) is 6.42 Å². The third kappa shape index (κ3) is 4.48. The van der Waals surface area contributed by atoms with Gasteiger partial charge in [-0.1, -0.05) is 24.3 Å². The van der Waals surface area contributed by atoms with E-state index in [0.29, 0.717) is 11.1 Å². The maximum Gasteiger partial charge on any atom is 0.269 e. The summed E-state index contributed by atoms with van der Waals surface area (Å²) < 4.78 is 12.9. The van der Waals surface area contributed by atoms with E-state index in [-0.39, 0.29) is 23.8 Å². The van der Waals surface area contributed by atoms with Crippen LogP contribution in [0, 0.1) is 15.9 Å². The zero-order valence-corrected chi connectivity index (χ0v) is 11.4. The molecule has 0 aliphatic carbocycles. The quantitative estimate of drug-likeness (QED) is 0.523. The van der Waals surface area contributed by atoms with Gasteiger partial charge in [0.25, 0.3) is 5.69 Å². The van der Waals surface area contributed by atoms with Crippen LogP contribution in [0.3, 0.4) is 0 Å². The Bertz CT molecular complexity index is 714. The number of rotatable bonds is 5. The van der Waals surface area contributed by atoms with Crippen LogP contribution in [-0.4, -0.2) is 17.0 Å². The number of hydrogen-bond donors (Lipinski definition) is 1. The molecule has 112 valence electrons. The molecule has 0 unspecified atom stereocenters. The summed E-state index contributed by atoms with van der Waals surface area (Å²) in [5, 5.41) is 14.2. The molecule has 0 fully saturated rings. The Morgan fingerprint density at radius 2 is 2.00 bits per heavy atom. The molecule has 0 spiro atoms. The Kier molecular flexibility index (Phi) is 4.92. The molecule has 0 saturated carbocycles. The second kappa shape index (κ2) is 7.07. The standard InChI is InChI=1S/C15H12FN3O3/c16-13-3-1-2-12(8-13)10-17-18-15(20)9-11-4-6-14(7-5-11)19(21)22/h1-8,10H,9H2,(H,18,20)/b17-10-. The molecule has 0 saturated heterocycles. The van der Waals surface area contributed by atoms with Crippen molar-refractivity contribution in [3.63, 3.8) is 0 Å². The molecule has 0 bridgehead atoms. The number of halogens is 1. The normalized spacial score (nSPS) is 10.6. The molecular weight excluding hydrogens is 289 g/mol. The summed E-state index contributed by atoms with van der Waals surface area (Å²) in [5.41, 5.74) is 3.43. The van der Waals surface area contributed by atoms with Crippen molar-refractivity contribution in [1.82, 2.24) is 5.43 Å². The van der Waals surface area contributed by atoms with E-state index in [0.717, 1.165) is 0 Å². The van der Waals surface area contributed by atoms with Crippen molar-refractivity contribution >= 4 is 17.8 Å². The molecule has 1 amide bonds. The number of hydrogen-bond acceptors (Lipinski definition) is 4. The van der Waals surface area contributed by atoms with Gasteiger partial charge in [0.05, 0.1) is 17.6 Å². The summed E-state index contributed by atoms with van der Waals surface area (Å²) in [6, 6.07) is 11.5. The molecule has 0 heterocycles. The largest absolute Gasteiger partial charge is 0.273 e. The smallest absolute Gasteiger partial charge is 0.269 e. The van der Waals surface area contributed by atoms with E-state index >= 15 is 0 Å². The lowest BCUT2D eigenvalue weighted by molar-refractivity contribution is -0.384. The van der Waals surface area contributed by atoms with Gasteiger partial charge in [0, 0.05) is 12.1 Å². The predicted molar refractivity (Wildman–Crippen MR) is 78.9 cm³/mol. The average molecular weight is 301 g/mol. The molecule has 7 heteroatoms. The van der Waals surface area contributed by atoms with Gasteiger partial charge < -0.3 is 0 Å². The van der Waals surface area contributed by atoms with Crippen molar-refractivity contribution in [1.29, 1.82) is 0 Å². The number of hydrazone groups is 1. The van der Waals surface area contributed by atoms with Crippen LogP contribution in [0.1, 0.15) is 11.1 Å². The highest BCUT2D eigenvalue weighted by atomic mass is 19.1. The van der Waals surface area contributed by atoms with Crippen LogP contribution in [0.15, 0.2) is 53.6 Å². The Balaban J connectivity index is 1.89. The maximum absolute atomic E-state index is 12.9. The van der Waals surface area contributed by atoms with Gasteiger partial charge >= 0.3 is 0 Å². The zero-order chi connectivity index (χ0) is 15.9. The molecule has 0 aliphatic heterocycles. The molecule has 0 atom stereocenters. The van der Waals surface area contributed by atoms with Gasteiger partial charge in [-0.2, -0.15) is 5.10 Å². The summed E-state index contributed by atoms with van der Waals surface area (Å²) in [6.45, 7) is 0. The molecule has 2 rings (SSSR count). The van der Waals surface area contributed by atoms with E-state index in [1.807, 2.05) is 0 Å². The summed E-state index contributed by atoms with van der Waals surface area (Å²) in [6.07, 6.45) is 1.37. The van der Waals surface area contributed by atoms with E-state index in [9.17, 15) is 19.3 Å². The van der Waals surface area contributed by atoms with Crippen molar-refractivity contribution in [3.05, 3.63) is 75.6 Å². The number of carbonyl (C=O) groups is 1. The van der Waals surface area contributed by atoms with Gasteiger partial charge in [0.15, 0.2) is 0 Å². The predicted octanol–water partition coefficient (Wildman–Crippen LogP) is 2.43. The molecular formula is C15H12FN3O3. The molecule has 6 nitrogen and oxygen atoms in total. The first-order valence-electron chi connectivity index (χ1n) is 6.35. The van der Waals surface area contributed by atoms with E-state index in [2.05, 4.69) is 10.5 Å². The molecule has 2 aromatic carbocycles. The minimum atomic E-state index is -0.507. The van der Waals surface area contributed by atoms with Gasteiger partial charge in [-0.05, 0) is 23.3 Å². The Morgan fingerprint density at radius 1 is 1.27 bits per heavy atom. The van der Waals surface area contributed by atoms with E-state index in [1.165, 1.54) is 48.7 Å². The van der Waals surface area contributed by atoms with E-state index in [4.69, 9.17) is 0 Å². The van der Waals surface area contributed by atoms with Crippen LogP contribution in [0.25, 0.3) is 0 Å². The van der Waals surface area contributed by atoms with Crippen LogP contribution < -0.4 is 5.43 Å². The number of nitro groups is 1. The van der Waals surface area contributed by atoms with Crippen molar-refractivity contribution in [2.24, 2.45) is 5.10 Å². The van der Waals surface area contributed by atoms with Crippen LogP contribution >= 0.6 is 0 Å². The number of amides is 1. The lowest BCUT2D eigenvalue weighted by Crippen LogP contribution is -2.19. The SMILES string of the molecule is O=C(Cc1ccc([N+](=O)[O-])cc1)N/N=C\c1cccc(F)c1. The van der Waals surface area contributed by atoms with Gasteiger partial charge in [-0.25, -0.2) is 9.82 Å². The molecule has 22 heavy (non-hydrogen) atoms.